The number of alkyl halides is 3. The van der Waals surface area contributed by atoms with E-state index in [0.29, 0.717) is 11.1 Å². The van der Waals surface area contributed by atoms with E-state index in [1.165, 1.54) is 62.6 Å². The molecule has 1 aromatic heterocycles. The van der Waals surface area contributed by atoms with Gasteiger partial charge in [0.2, 0.25) is 0 Å². The molecule has 210 valence electrons. The smallest absolute Gasteiger partial charge is 0.398 e. The van der Waals surface area contributed by atoms with Crippen molar-refractivity contribution in [3.63, 3.8) is 0 Å². The van der Waals surface area contributed by atoms with Gasteiger partial charge in [0.05, 0.1) is 24.6 Å². The Morgan fingerprint density at radius 3 is 2.31 bits per heavy atom. The maximum Gasteiger partial charge on any atom is 0.398 e. The minimum absolute atomic E-state index is 0.0131. The number of hydrogen-bond acceptors (Lipinski definition) is 6. The SMILES string of the molecule is COc1cc(C(=O)NCC(c2cc(C(C)(C)N)cc(-c3ccc(F)cc3)n2)C(F)(F)F)ccc1OC[C@@H](C)O. The van der Waals surface area contributed by atoms with E-state index in [-0.39, 0.29) is 35.1 Å². The van der Waals surface area contributed by atoms with Crippen LogP contribution in [-0.2, 0) is 5.54 Å². The van der Waals surface area contributed by atoms with Crippen LogP contribution < -0.4 is 20.5 Å². The maximum absolute atomic E-state index is 14.3. The molecule has 1 amide bonds. The molecule has 11 heteroatoms. The molecular formula is C28H31F4N3O4. The number of carbonyl (C=O) groups is 1. The second-order valence-electron chi connectivity index (χ2n) is 9.72. The van der Waals surface area contributed by atoms with E-state index >= 15 is 0 Å². The number of ether oxygens (including phenoxy) is 2. The second-order valence-corrected chi connectivity index (χ2v) is 9.72. The van der Waals surface area contributed by atoms with Crippen LogP contribution in [0.4, 0.5) is 17.6 Å². The van der Waals surface area contributed by atoms with Gasteiger partial charge in [-0.25, -0.2) is 4.39 Å². The highest BCUT2D eigenvalue weighted by molar-refractivity contribution is 5.94. The van der Waals surface area contributed by atoms with Gasteiger partial charge in [-0.15, -0.1) is 0 Å². The maximum atomic E-state index is 14.3. The number of aromatic nitrogens is 1. The van der Waals surface area contributed by atoms with Gasteiger partial charge in [-0.1, -0.05) is 0 Å². The molecule has 0 bridgehead atoms. The van der Waals surface area contributed by atoms with Crippen LogP contribution in [-0.4, -0.2) is 48.5 Å². The van der Waals surface area contributed by atoms with Crippen molar-refractivity contribution in [2.45, 2.75) is 44.5 Å². The van der Waals surface area contributed by atoms with Gasteiger partial charge < -0.3 is 25.6 Å². The van der Waals surface area contributed by atoms with Crippen molar-refractivity contribution < 1.29 is 36.9 Å². The summed E-state index contributed by atoms with van der Waals surface area (Å²) in [6, 6.07) is 12.2. The molecule has 0 radical (unpaired) electrons. The zero-order chi connectivity index (χ0) is 29.0. The van der Waals surface area contributed by atoms with Gasteiger partial charge in [0.1, 0.15) is 18.3 Å². The lowest BCUT2D eigenvalue weighted by Crippen LogP contribution is -2.36. The Morgan fingerprint density at radius 1 is 1.08 bits per heavy atom. The number of pyridine rings is 1. The third-order valence-electron chi connectivity index (χ3n) is 5.85. The zero-order valence-corrected chi connectivity index (χ0v) is 22.0. The third-order valence-corrected chi connectivity index (χ3v) is 5.85. The summed E-state index contributed by atoms with van der Waals surface area (Å²) in [5.41, 5.74) is 5.92. The number of halogens is 4. The topological polar surface area (TPSA) is 107 Å². The number of nitrogens with two attached hydrogens (primary N) is 1. The summed E-state index contributed by atoms with van der Waals surface area (Å²) in [6.07, 6.45) is -5.49. The van der Waals surface area contributed by atoms with Crippen LogP contribution >= 0.6 is 0 Å². The molecule has 0 aliphatic rings. The predicted molar refractivity (Wildman–Crippen MR) is 138 cm³/mol. The first kappa shape index (κ1) is 29.9. The van der Waals surface area contributed by atoms with Gasteiger partial charge in [-0.3, -0.25) is 9.78 Å². The van der Waals surface area contributed by atoms with Gasteiger partial charge in [0.15, 0.2) is 11.5 Å². The fourth-order valence-corrected chi connectivity index (χ4v) is 3.69. The highest BCUT2D eigenvalue weighted by atomic mass is 19.4. The van der Waals surface area contributed by atoms with Crippen LogP contribution in [0.25, 0.3) is 11.3 Å². The van der Waals surface area contributed by atoms with Gasteiger partial charge in [0, 0.05) is 23.2 Å². The first-order valence-electron chi connectivity index (χ1n) is 12.1. The lowest BCUT2D eigenvalue weighted by atomic mass is 9.91. The van der Waals surface area contributed by atoms with E-state index in [9.17, 15) is 27.5 Å². The Hall–Kier alpha value is -3.70. The largest absolute Gasteiger partial charge is 0.493 e. The molecule has 2 atom stereocenters. The average molecular weight is 550 g/mol. The Labute approximate surface area is 224 Å². The number of aliphatic hydroxyl groups excluding tert-OH is 1. The molecule has 0 saturated heterocycles. The fraction of sp³-hybridized carbons (Fsp3) is 0.357. The van der Waals surface area contributed by atoms with Crippen molar-refractivity contribution >= 4 is 5.91 Å². The number of carbonyl (C=O) groups excluding carboxylic acids is 1. The Balaban J connectivity index is 1.91. The Kier molecular flexibility index (Phi) is 9.18. The fourth-order valence-electron chi connectivity index (χ4n) is 3.69. The minimum Gasteiger partial charge on any atom is -0.493 e. The van der Waals surface area contributed by atoms with Gasteiger partial charge in [-0.05, 0) is 80.9 Å². The van der Waals surface area contributed by atoms with E-state index in [4.69, 9.17) is 15.2 Å². The minimum atomic E-state index is -4.76. The van der Waals surface area contributed by atoms with Crippen LogP contribution in [0.15, 0.2) is 54.6 Å². The molecule has 0 fully saturated rings. The lowest BCUT2D eigenvalue weighted by Gasteiger charge is -2.25. The van der Waals surface area contributed by atoms with Crippen LogP contribution in [0, 0.1) is 5.82 Å². The number of aliphatic hydroxyl groups is 1. The number of amides is 1. The average Bonchev–Trinajstić information content (AvgIpc) is 2.86. The summed E-state index contributed by atoms with van der Waals surface area (Å²) >= 11 is 0. The number of hydrogen-bond donors (Lipinski definition) is 3. The molecule has 3 aromatic rings. The van der Waals surface area contributed by atoms with Gasteiger partial charge in [0.25, 0.3) is 5.91 Å². The predicted octanol–water partition coefficient (Wildman–Crippen LogP) is 4.93. The standard InChI is InChI=1S/C28H31F4N3O4/c1-16(36)15-39-24-10-7-18(11-25(24)38-4)26(37)34-14-21(28(30,31)32)23-13-19(27(2,3)33)12-22(35-23)17-5-8-20(29)9-6-17/h5-13,16,21,36H,14-15,33H2,1-4H3,(H,34,37)/t16-,21?/m1/s1. The van der Waals surface area contributed by atoms with E-state index in [0.717, 1.165) is 0 Å². The van der Waals surface area contributed by atoms with Crippen LogP contribution in [0.3, 0.4) is 0 Å². The number of methoxy groups -OCH3 is 1. The van der Waals surface area contributed by atoms with Gasteiger partial charge >= 0.3 is 6.18 Å². The Bertz CT molecular complexity index is 1290. The van der Waals surface area contributed by atoms with E-state index in [1.807, 2.05) is 0 Å². The summed E-state index contributed by atoms with van der Waals surface area (Å²) < 4.78 is 66.9. The van der Waals surface area contributed by atoms with Crippen LogP contribution in [0.1, 0.15) is 48.3 Å². The third kappa shape index (κ3) is 7.90. The van der Waals surface area contributed by atoms with Crippen LogP contribution in [0.5, 0.6) is 11.5 Å². The molecule has 1 unspecified atom stereocenters. The van der Waals surface area contributed by atoms with Crippen molar-refractivity contribution in [2.75, 3.05) is 20.3 Å². The van der Waals surface area contributed by atoms with Crippen molar-refractivity contribution in [2.24, 2.45) is 5.73 Å². The number of rotatable bonds is 10. The summed E-state index contributed by atoms with van der Waals surface area (Å²) in [4.78, 5) is 17.0. The molecule has 0 aliphatic carbocycles. The normalized spacial score (nSPS) is 13.5. The summed E-state index contributed by atoms with van der Waals surface area (Å²) in [6.45, 7) is 4.02. The molecule has 7 nitrogen and oxygen atoms in total. The van der Waals surface area contributed by atoms with Crippen LogP contribution in [0.2, 0.25) is 0 Å². The highest BCUT2D eigenvalue weighted by Gasteiger charge is 2.42. The summed E-state index contributed by atoms with van der Waals surface area (Å²) in [5, 5.41) is 11.7. The first-order chi connectivity index (χ1) is 18.2. The molecule has 2 aromatic carbocycles. The van der Waals surface area contributed by atoms with Crippen molar-refractivity contribution in [1.29, 1.82) is 0 Å². The monoisotopic (exact) mass is 549 g/mol. The molecule has 39 heavy (non-hydrogen) atoms. The van der Waals surface area contributed by atoms with Crippen molar-refractivity contribution in [3.05, 3.63) is 77.2 Å². The molecule has 0 saturated carbocycles. The molecule has 1 heterocycles. The number of nitrogens with zero attached hydrogens (tertiary/aromatic N) is 1. The molecule has 4 N–H and O–H groups in total. The quantitative estimate of drug-likeness (QED) is 0.310. The number of benzene rings is 2. The van der Waals surface area contributed by atoms with Gasteiger partial charge in [-0.2, -0.15) is 13.2 Å². The van der Waals surface area contributed by atoms with Crippen molar-refractivity contribution in [3.8, 4) is 22.8 Å². The molecule has 0 spiro atoms. The summed E-state index contributed by atoms with van der Waals surface area (Å²) in [7, 11) is 1.35. The molecular weight excluding hydrogens is 518 g/mol. The summed E-state index contributed by atoms with van der Waals surface area (Å²) in [5.74, 6) is -2.97. The highest BCUT2D eigenvalue weighted by Crippen LogP contribution is 2.36. The van der Waals surface area contributed by atoms with E-state index < -0.39 is 42.0 Å². The molecule has 0 aliphatic heterocycles. The molecule has 3 rings (SSSR count). The van der Waals surface area contributed by atoms with E-state index in [2.05, 4.69) is 10.3 Å². The van der Waals surface area contributed by atoms with E-state index in [1.54, 1.807) is 19.9 Å². The Morgan fingerprint density at radius 2 is 1.74 bits per heavy atom. The number of nitrogens with one attached hydrogen (secondary N) is 1. The van der Waals surface area contributed by atoms with Crippen molar-refractivity contribution in [1.82, 2.24) is 10.3 Å². The zero-order valence-electron chi connectivity index (χ0n) is 22.0. The lowest BCUT2D eigenvalue weighted by molar-refractivity contribution is -0.149. The first-order valence-corrected chi connectivity index (χ1v) is 12.1. The second kappa shape index (κ2) is 12.0.